The van der Waals surface area contributed by atoms with E-state index in [0.717, 1.165) is 6.20 Å². The highest BCUT2D eigenvalue weighted by atomic mass is 32.2. The molecule has 0 aromatic carbocycles. The third-order valence-corrected chi connectivity index (χ3v) is 2.72. The highest BCUT2D eigenvalue weighted by Gasteiger charge is 2.22. The molecule has 0 aliphatic heterocycles. The van der Waals surface area contributed by atoms with Crippen molar-refractivity contribution in [3.8, 4) is 0 Å². The van der Waals surface area contributed by atoms with Crippen LogP contribution in [-0.2, 0) is 14.9 Å². The van der Waals surface area contributed by atoms with Gasteiger partial charge in [0.2, 0.25) is 0 Å². The first-order chi connectivity index (χ1) is 7.62. The molecular formula is C8H13N3O5S. The van der Waals surface area contributed by atoms with Gasteiger partial charge in [-0.1, -0.05) is 4.89 Å². The molecule has 0 aliphatic carbocycles. The van der Waals surface area contributed by atoms with E-state index in [0.29, 0.717) is 0 Å². The van der Waals surface area contributed by atoms with Crippen LogP contribution >= 0.6 is 0 Å². The largest absolute Gasteiger partial charge is 0.325 e. The zero-order valence-corrected chi connectivity index (χ0v) is 10.3. The summed E-state index contributed by atoms with van der Waals surface area (Å²) >= 11 is 0. The van der Waals surface area contributed by atoms with Gasteiger partial charge in [-0.3, -0.25) is 14.6 Å². The SMILES string of the molecule is CC(C)(C)ONS(=O)(=O)c1c[nH]c(=O)[nH]c1=O. The quantitative estimate of drug-likeness (QED) is 0.608. The molecule has 0 atom stereocenters. The molecule has 1 aromatic rings. The van der Waals surface area contributed by atoms with Crippen molar-refractivity contribution in [2.45, 2.75) is 31.3 Å². The molecule has 1 heterocycles. The zero-order chi connectivity index (χ0) is 13.3. The fourth-order valence-corrected chi connectivity index (χ4v) is 1.78. The molecule has 0 spiro atoms. The van der Waals surface area contributed by atoms with E-state index in [1.807, 2.05) is 0 Å². The third-order valence-electron chi connectivity index (χ3n) is 1.53. The molecule has 96 valence electrons. The maximum absolute atomic E-state index is 11.6. The first-order valence-electron chi connectivity index (χ1n) is 4.64. The molecule has 0 saturated heterocycles. The molecular weight excluding hydrogens is 250 g/mol. The third kappa shape index (κ3) is 3.80. The number of sulfonamides is 1. The number of aromatic amines is 2. The Kier molecular flexibility index (Phi) is 3.55. The van der Waals surface area contributed by atoms with Gasteiger partial charge >= 0.3 is 5.69 Å². The van der Waals surface area contributed by atoms with E-state index in [2.05, 4.69) is 4.98 Å². The minimum atomic E-state index is -4.13. The molecule has 1 aromatic heterocycles. The Morgan fingerprint density at radius 2 is 1.88 bits per heavy atom. The number of aromatic nitrogens is 2. The first kappa shape index (κ1) is 13.6. The average molecular weight is 263 g/mol. The Labute approximate surface area is 97.0 Å². The number of hydrogen-bond acceptors (Lipinski definition) is 5. The van der Waals surface area contributed by atoms with Crippen LogP contribution in [0.1, 0.15) is 20.8 Å². The summed E-state index contributed by atoms with van der Waals surface area (Å²) < 4.78 is 23.3. The number of nitrogens with one attached hydrogen (secondary N) is 3. The highest BCUT2D eigenvalue weighted by molar-refractivity contribution is 7.89. The number of rotatable bonds is 3. The van der Waals surface area contributed by atoms with Gasteiger partial charge in [0.05, 0.1) is 5.60 Å². The molecule has 0 fully saturated rings. The Morgan fingerprint density at radius 3 is 2.35 bits per heavy atom. The van der Waals surface area contributed by atoms with E-state index < -0.39 is 31.8 Å². The molecule has 0 radical (unpaired) electrons. The maximum Gasteiger partial charge on any atom is 0.325 e. The topological polar surface area (TPSA) is 121 Å². The molecule has 8 nitrogen and oxygen atoms in total. The van der Waals surface area contributed by atoms with Gasteiger partial charge in [0, 0.05) is 6.20 Å². The van der Waals surface area contributed by atoms with Gasteiger partial charge in [-0.05, 0) is 20.8 Å². The fourth-order valence-electron chi connectivity index (χ4n) is 0.822. The van der Waals surface area contributed by atoms with E-state index in [1.165, 1.54) is 0 Å². The van der Waals surface area contributed by atoms with Crippen molar-refractivity contribution in [2.24, 2.45) is 0 Å². The van der Waals surface area contributed by atoms with Crippen molar-refractivity contribution in [3.63, 3.8) is 0 Å². The standard InChI is InChI=1S/C8H13N3O5S/c1-8(2,3)16-11-17(14,15)5-4-9-7(13)10-6(5)12/h4,11H,1-3H3,(H2,9,10,12,13). The fraction of sp³-hybridized carbons (Fsp3) is 0.500. The molecule has 1 rings (SSSR count). The van der Waals surface area contributed by atoms with Crippen molar-refractivity contribution >= 4 is 10.0 Å². The minimum Gasteiger partial charge on any atom is -0.313 e. The number of hydrogen-bond donors (Lipinski definition) is 3. The molecule has 17 heavy (non-hydrogen) atoms. The summed E-state index contributed by atoms with van der Waals surface area (Å²) in [5.74, 6) is 0. The van der Waals surface area contributed by atoms with Crippen molar-refractivity contribution in [3.05, 3.63) is 27.0 Å². The highest BCUT2D eigenvalue weighted by Crippen LogP contribution is 2.07. The second-order valence-corrected chi connectivity index (χ2v) is 5.85. The Hall–Kier alpha value is -1.45. The van der Waals surface area contributed by atoms with Crippen LogP contribution in [0.15, 0.2) is 20.7 Å². The van der Waals surface area contributed by atoms with Gasteiger partial charge in [-0.15, -0.1) is 0 Å². The zero-order valence-electron chi connectivity index (χ0n) is 9.53. The second-order valence-electron chi connectivity index (χ2n) is 4.24. The van der Waals surface area contributed by atoms with Gasteiger partial charge in [-0.2, -0.15) is 0 Å². The summed E-state index contributed by atoms with van der Waals surface area (Å²) in [6, 6.07) is 0. The summed E-state index contributed by atoms with van der Waals surface area (Å²) in [6.07, 6.45) is 0.801. The Morgan fingerprint density at radius 1 is 1.29 bits per heavy atom. The monoisotopic (exact) mass is 263 g/mol. The van der Waals surface area contributed by atoms with E-state index >= 15 is 0 Å². The first-order valence-corrected chi connectivity index (χ1v) is 6.12. The lowest BCUT2D eigenvalue weighted by Gasteiger charge is -2.18. The Balaban J connectivity index is 3.07. The molecule has 0 aliphatic rings. The molecule has 3 N–H and O–H groups in total. The molecule has 0 bridgehead atoms. The van der Waals surface area contributed by atoms with E-state index in [9.17, 15) is 18.0 Å². The molecule has 0 saturated carbocycles. The Bertz CT molecular complexity index is 607. The van der Waals surface area contributed by atoms with Crippen LogP contribution < -0.4 is 16.1 Å². The van der Waals surface area contributed by atoms with Crippen LogP contribution in [0.4, 0.5) is 0 Å². The van der Waals surface area contributed by atoms with Gasteiger partial charge in [0.1, 0.15) is 0 Å². The number of H-pyrrole nitrogens is 2. The predicted octanol–water partition coefficient (Wildman–Crippen LogP) is -0.928. The molecule has 9 heteroatoms. The van der Waals surface area contributed by atoms with Gasteiger partial charge < -0.3 is 4.98 Å². The predicted molar refractivity (Wildman–Crippen MR) is 58.8 cm³/mol. The van der Waals surface area contributed by atoms with Crippen molar-refractivity contribution in [1.29, 1.82) is 0 Å². The van der Waals surface area contributed by atoms with Crippen LogP contribution in [0.3, 0.4) is 0 Å². The normalized spacial score (nSPS) is 12.6. The molecule has 0 unspecified atom stereocenters. The summed E-state index contributed by atoms with van der Waals surface area (Å²) in [4.78, 5) is 31.9. The van der Waals surface area contributed by atoms with Gasteiger partial charge in [0.15, 0.2) is 4.90 Å². The van der Waals surface area contributed by atoms with Crippen molar-refractivity contribution in [2.75, 3.05) is 0 Å². The second kappa shape index (κ2) is 4.43. The summed E-state index contributed by atoms with van der Waals surface area (Å²) in [5, 5.41) is 0. The van der Waals surface area contributed by atoms with Crippen LogP contribution in [-0.4, -0.2) is 24.0 Å². The van der Waals surface area contributed by atoms with Gasteiger partial charge in [-0.25, -0.2) is 13.2 Å². The van der Waals surface area contributed by atoms with Crippen molar-refractivity contribution in [1.82, 2.24) is 14.9 Å². The lowest BCUT2D eigenvalue weighted by Crippen LogP contribution is -2.37. The van der Waals surface area contributed by atoms with E-state index in [4.69, 9.17) is 4.84 Å². The van der Waals surface area contributed by atoms with Crippen LogP contribution in [0, 0.1) is 0 Å². The van der Waals surface area contributed by atoms with E-state index in [-0.39, 0.29) is 0 Å². The van der Waals surface area contributed by atoms with Crippen molar-refractivity contribution < 1.29 is 13.3 Å². The lowest BCUT2D eigenvalue weighted by atomic mass is 10.2. The average Bonchev–Trinajstić information content (AvgIpc) is 2.13. The minimum absolute atomic E-state index is 0.624. The lowest BCUT2D eigenvalue weighted by molar-refractivity contribution is -0.0358. The smallest absolute Gasteiger partial charge is 0.313 e. The maximum atomic E-state index is 11.6. The molecule has 0 amide bonds. The van der Waals surface area contributed by atoms with Crippen LogP contribution in [0.25, 0.3) is 0 Å². The summed E-state index contributed by atoms with van der Waals surface area (Å²) in [7, 11) is -4.13. The summed E-state index contributed by atoms with van der Waals surface area (Å²) in [6.45, 7) is 4.89. The van der Waals surface area contributed by atoms with Gasteiger partial charge in [0.25, 0.3) is 15.6 Å². The van der Waals surface area contributed by atoms with Crippen LogP contribution in [0.2, 0.25) is 0 Å². The summed E-state index contributed by atoms with van der Waals surface area (Å²) in [5.41, 5.74) is -2.55. The van der Waals surface area contributed by atoms with E-state index in [1.54, 1.807) is 30.6 Å². The van der Waals surface area contributed by atoms with Crippen LogP contribution in [0.5, 0.6) is 0 Å².